The third-order valence-corrected chi connectivity index (χ3v) is 4.00. The van der Waals surface area contributed by atoms with Gasteiger partial charge in [-0.25, -0.2) is 0 Å². The molecule has 0 saturated carbocycles. The van der Waals surface area contributed by atoms with Crippen LogP contribution in [-0.2, 0) is 9.59 Å². The Kier molecular flexibility index (Phi) is 5.12. The van der Waals surface area contributed by atoms with Crippen LogP contribution in [0.3, 0.4) is 0 Å². The molecule has 21 heavy (non-hydrogen) atoms. The molecule has 0 unspecified atom stereocenters. The molecule has 1 aliphatic rings. The Morgan fingerprint density at radius 2 is 1.81 bits per heavy atom. The number of piperazine rings is 1. The number of carbonyl (C=O) groups is 3. The molecule has 0 aromatic heterocycles. The van der Waals surface area contributed by atoms with Crippen molar-refractivity contribution in [1.29, 1.82) is 0 Å². The lowest BCUT2D eigenvalue weighted by Gasteiger charge is -2.31. The van der Waals surface area contributed by atoms with E-state index in [2.05, 4.69) is 15.9 Å². The minimum Gasteiger partial charge on any atom is -0.335 e. The van der Waals surface area contributed by atoms with Crippen molar-refractivity contribution in [3.8, 4) is 0 Å². The van der Waals surface area contributed by atoms with Gasteiger partial charge in [-0.2, -0.15) is 0 Å². The second-order valence-corrected chi connectivity index (χ2v) is 6.01. The van der Waals surface area contributed by atoms with E-state index in [1.807, 2.05) is 12.1 Å². The minimum atomic E-state index is -0.0619. The van der Waals surface area contributed by atoms with Gasteiger partial charge in [0.05, 0.1) is 13.1 Å². The van der Waals surface area contributed by atoms with E-state index >= 15 is 0 Å². The van der Waals surface area contributed by atoms with Crippen LogP contribution >= 0.6 is 15.9 Å². The Morgan fingerprint density at radius 3 is 2.48 bits per heavy atom. The molecule has 1 saturated heterocycles. The summed E-state index contributed by atoms with van der Waals surface area (Å²) in [5.41, 5.74) is 0.666. The number of likely N-dealkylation sites (N-methyl/N-ethyl adjacent to an activating group) is 1. The molecule has 0 N–H and O–H groups in total. The van der Waals surface area contributed by atoms with Crippen molar-refractivity contribution < 1.29 is 14.4 Å². The molecule has 2 rings (SSSR count). The van der Waals surface area contributed by atoms with E-state index in [0.29, 0.717) is 24.9 Å². The predicted octanol–water partition coefficient (Wildman–Crippen LogP) is 1.71. The molecular weight excluding hydrogens is 336 g/mol. The first kappa shape index (κ1) is 15.7. The van der Waals surface area contributed by atoms with Gasteiger partial charge in [-0.15, -0.1) is 0 Å². The van der Waals surface area contributed by atoms with Crippen LogP contribution in [0.1, 0.15) is 23.2 Å². The number of Topliss-reactive ketones (excluding diaryl/α,β-unsaturated/α-hetero) is 1. The number of rotatable bonds is 5. The Bertz CT molecular complexity index is 557. The van der Waals surface area contributed by atoms with Crippen molar-refractivity contribution in [1.82, 2.24) is 9.80 Å². The summed E-state index contributed by atoms with van der Waals surface area (Å²) < 4.78 is 0.931. The van der Waals surface area contributed by atoms with Crippen molar-refractivity contribution in [3.05, 3.63) is 34.3 Å². The number of nitrogens with zero attached hydrogens (tertiary/aromatic N) is 2. The number of benzene rings is 1. The maximum atomic E-state index is 12.0. The monoisotopic (exact) mass is 352 g/mol. The lowest BCUT2D eigenvalue weighted by atomic mass is 10.1. The van der Waals surface area contributed by atoms with Crippen molar-refractivity contribution >= 4 is 33.5 Å². The molecule has 0 radical (unpaired) electrons. The first-order valence-corrected chi connectivity index (χ1v) is 7.57. The molecule has 0 aliphatic carbocycles. The number of hydrogen-bond acceptors (Lipinski definition) is 3. The average Bonchev–Trinajstić information content (AvgIpc) is 2.45. The zero-order valence-corrected chi connectivity index (χ0v) is 13.4. The van der Waals surface area contributed by atoms with Crippen LogP contribution in [0.5, 0.6) is 0 Å². The fourth-order valence-corrected chi connectivity index (χ4v) is 2.44. The number of amides is 2. The Hall–Kier alpha value is -1.69. The lowest BCUT2D eigenvalue weighted by molar-refractivity contribution is -0.148. The summed E-state index contributed by atoms with van der Waals surface area (Å²) in [5.74, 6) is -0.0718. The largest absolute Gasteiger partial charge is 0.335 e. The highest BCUT2D eigenvalue weighted by Gasteiger charge is 2.26. The summed E-state index contributed by atoms with van der Waals surface area (Å²) in [6.45, 7) is 0.683. The molecule has 1 aromatic rings. The summed E-state index contributed by atoms with van der Waals surface area (Å²) >= 11 is 3.33. The average molecular weight is 353 g/mol. The third kappa shape index (κ3) is 4.14. The molecule has 6 heteroatoms. The molecule has 2 amide bonds. The molecule has 1 aromatic carbocycles. The zero-order chi connectivity index (χ0) is 15.4. The Morgan fingerprint density at radius 1 is 1.14 bits per heavy atom. The van der Waals surface area contributed by atoms with Gasteiger partial charge in [-0.05, 0) is 18.6 Å². The van der Waals surface area contributed by atoms with Gasteiger partial charge in [-0.3, -0.25) is 14.4 Å². The van der Waals surface area contributed by atoms with Gasteiger partial charge in [0.1, 0.15) is 0 Å². The summed E-state index contributed by atoms with van der Waals surface area (Å²) in [6, 6.07) is 7.21. The quantitative estimate of drug-likeness (QED) is 0.758. The smallest absolute Gasteiger partial charge is 0.242 e. The van der Waals surface area contributed by atoms with E-state index in [1.54, 1.807) is 19.2 Å². The second-order valence-electron chi connectivity index (χ2n) is 5.10. The summed E-state index contributed by atoms with van der Waals surface area (Å²) in [4.78, 5) is 38.3. The van der Waals surface area contributed by atoms with Gasteiger partial charge in [-0.1, -0.05) is 28.1 Å². The van der Waals surface area contributed by atoms with E-state index < -0.39 is 0 Å². The number of hydrogen-bond donors (Lipinski definition) is 0. The van der Waals surface area contributed by atoms with Gasteiger partial charge >= 0.3 is 0 Å². The lowest BCUT2D eigenvalue weighted by Crippen LogP contribution is -2.52. The first-order valence-electron chi connectivity index (χ1n) is 6.78. The van der Waals surface area contributed by atoms with Crippen molar-refractivity contribution in [2.45, 2.75) is 12.8 Å². The molecule has 1 fully saturated rings. The number of halogens is 1. The Labute approximate surface area is 132 Å². The molecule has 0 bridgehead atoms. The molecule has 5 nitrogen and oxygen atoms in total. The van der Waals surface area contributed by atoms with Crippen LogP contribution in [0.25, 0.3) is 0 Å². The Balaban J connectivity index is 1.81. The van der Waals surface area contributed by atoms with Crippen LogP contribution in [0, 0.1) is 0 Å². The van der Waals surface area contributed by atoms with Gasteiger partial charge in [0.25, 0.3) is 0 Å². The SMILES string of the molecule is CN1CC(=O)N(CCCC(=O)c2ccc(Br)cc2)CC1=O. The zero-order valence-electron chi connectivity index (χ0n) is 11.8. The van der Waals surface area contributed by atoms with Crippen LogP contribution in [0.2, 0.25) is 0 Å². The number of carbonyl (C=O) groups excluding carboxylic acids is 3. The van der Waals surface area contributed by atoms with Crippen LogP contribution in [-0.4, -0.2) is 54.1 Å². The standard InChI is InChI=1S/C15H17BrN2O3/c1-17-9-15(21)18(10-14(17)20)8-2-3-13(19)11-4-6-12(16)7-5-11/h4-7H,2-3,8-10H2,1H3. The minimum absolute atomic E-state index is 0.0513. The topological polar surface area (TPSA) is 57.7 Å². The summed E-state index contributed by atoms with van der Waals surface area (Å²) in [6.07, 6.45) is 0.938. The second kappa shape index (κ2) is 6.85. The summed E-state index contributed by atoms with van der Waals surface area (Å²) in [7, 11) is 1.62. The third-order valence-electron chi connectivity index (χ3n) is 3.48. The van der Waals surface area contributed by atoms with E-state index in [0.717, 1.165) is 4.47 Å². The van der Waals surface area contributed by atoms with Crippen LogP contribution in [0.4, 0.5) is 0 Å². The normalized spacial score (nSPS) is 15.5. The van der Waals surface area contributed by atoms with E-state index in [4.69, 9.17) is 0 Å². The van der Waals surface area contributed by atoms with Crippen molar-refractivity contribution in [2.75, 3.05) is 26.7 Å². The van der Waals surface area contributed by atoms with Crippen molar-refractivity contribution in [3.63, 3.8) is 0 Å². The molecule has 112 valence electrons. The highest BCUT2D eigenvalue weighted by atomic mass is 79.9. The fourth-order valence-electron chi connectivity index (χ4n) is 2.18. The van der Waals surface area contributed by atoms with E-state index in [9.17, 15) is 14.4 Å². The fraction of sp³-hybridized carbons (Fsp3) is 0.400. The van der Waals surface area contributed by atoms with Crippen LogP contribution < -0.4 is 0 Å². The predicted molar refractivity (Wildman–Crippen MR) is 81.9 cm³/mol. The van der Waals surface area contributed by atoms with Gasteiger partial charge < -0.3 is 9.80 Å². The van der Waals surface area contributed by atoms with Gasteiger partial charge in [0.15, 0.2) is 5.78 Å². The number of ketones is 1. The molecule has 0 atom stereocenters. The maximum absolute atomic E-state index is 12.0. The molecule has 1 aliphatic heterocycles. The van der Waals surface area contributed by atoms with Gasteiger partial charge in [0, 0.05) is 30.0 Å². The first-order chi connectivity index (χ1) is 9.97. The van der Waals surface area contributed by atoms with Crippen molar-refractivity contribution in [2.24, 2.45) is 0 Å². The molecular formula is C15H17BrN2O3. The summed E-state index contributed by atoms with van der Waals surface area (Å²) in [5, 5.41) is 0. The van der Waals surface area contributed by atoms with Crippen LogP contribution in [0.15, 0.2) is 28.7 Å². The highest BCUT2D eigenvalue weighted by Crippen LogP contribution is 2.13. The maximum Gasteiger partial charge on any atom is 0.242 e. The van der Waals surface area contributed by atoms with Gasteiger partial charge in [0.2, 0.25) is 11.8 Å². The van der Waals surface area contributed by atoms with E-state index in [-0.39, 0.29) is 30.7 Å². The van der Waals surface area contributed by atoms with E-state index in [1.165, 1.54) is 9.80 Å². The molecule has 1 heterocycles. The molecule has 0 spiro atoms. The highest BCUT2D eigenvalue weighted by molar-refractivity contribution is 9.10.